The summed E-state index contributed by atoms with van der Waals surface area (Å²) in [6.45, 7) is 1.52. The van der Waals surface area contributed by atoms with Crippen LogP contribution in [0.25, 0.3) is 28.0 Å². The number of carbonyl (C=O) groups is 1. The minimum atomic E-state index is -4.27. The number of hydrogen-bond donors (Lipinski definition) is 1. The van der Waals surface area contributed by atoms with E-state index in [9.17, 15) is 18.0 Å². The van der Waals surface area contributed by atoms with Gasteiger partial charge in [-0.1, -0.05) is 24.3 Å². The highest BCUT2D eigenvalue weighted by Gasteiger charge is 2.26. The highest BCUT2D eigenvalue weighted by atomic mass is 19.4. The third kappa shape index (κ3) is 5.08. The van der Waals surface area contributed by atoms with Gasteiger partial charge in [0.15, 0.2) is 5.65 Å². The van der Waals surface area contributed by atoms with E-state index in [0.717, 1.165) is 27.9 Å². The number of aryl methyl sites for hydroxylation is 1. The number of carbonyl (C=O) groups excluding carboxylic acids is 1. The van der Waals surface area contributed by atoms with Gasteiger partial charge in [-0.15, -0.1) is 0 Å². The normalized spacial score (nSPS) is 11.5. The number of para-hydroxylation sites is 1. The minimum Gasteiger partial charge on any atom is -0.496 e. The lowest BCUT2D eigenvalue weighted by molar-refractivity contribution is -0.131. The number of imidazole rings is 1. The van der Waals surface area contributed by atoms with Crippen molar-refractivity contribution in [3.8, 4) is 28.1 Å². The summed E-state index contributed by atoms with van der Waals surface area (Å²) in [5.41, 5.74) is 5.17. The quantitative estimate of drug-likeness (QED) is 0.320. The smallest absolute Gasteiger partial charge is 0.390 e. The maximum Gasteiger partial charge on any atom is 0.390 e. The van der Waals surface area contributed by atoms with Gasteiger partial charge >= 0.3 is 12.1 Å². The molecule has 0 fully saturated rings. The van der Waals surface area contributed by atoms with Crippen molar-refractivity contribution < 1.29 is 27.4 Å². The monoisotopic (exact) mass is 483 g/mol. The summed E-state index contributed by atoms with van der Waals surface area (Å²) in [6, 6.07) is 14.5. The number of pyridine rings is 1. The molecule has 0 saturated carbocycles. The van der Waals surface area contributed by atoms with Gasteiger partial charge in [0, 0.05) is 29.4 Å². The van der Waals surface area contributed by atoms with Gasteiger partial charge in [0.25, 0.3) is 0 Å². The Bertz CT molecular complexity index is 1380. The number of ether oxygens (including phenoxy) is 2. The van der Waals surface area contributed by atoms with E-state index in [1.165, 1.54) is 7.11 Å². The molecule has 0 spiro atoms. The number of nitrogens with zero attached hydrogens (tertiary/aromatic N) is 2. The fraction of sp³-hybridized carbons (Fsp3) is 0.231. The lowest BCUT2D eigenvalue weighted by Gasteiger charge is -2.15. The van der Waals surface area contributed by atoms with Crippen molar-refractivity contribution in [1.29, 1.82) is 0 Å². The summed E-state index contributed by atoms with van der Waals surface area (Å²) >= 11 is 0. The second-order valence-corrected chi connectivity index (χ2v) is 7.99. The largest absolute Gasteiger partial charge is 0.496 e. The molecule has 1 N–H and O–H groups in total. The van der Waals surface area contributed by atoms with E-state index < -0.39 is 18.6 Å². The number of anilines is 1. The summed E-state index contributed by atoms with van der Waals surface area (Å²) in [5, 5.41) is 2.89. The number of benzene rings is 2. The zero-order valence-electron chi connectivity index (χ0n) is 19.4. The second kappa shape index (κ2) is 9.69. The molecule has 0 aliphatic heterocycles. The Morgan fingerprint density at radius 2 is 1.86 bits per heavy atom. The molecular weight excluding hydrogens is 459 g/mol. The molecule has 9 heteroatoms. The molecule has 2 aromatic heterocycles. The summed E-state index contributed by atoms with van der Waals surface area (Å²) in [7, 11) is 2.89. The molecule has 4 rings (SSSR count). The molecule has 2 aromatic carbocycles. The first-order valence-corrected chi connectivity index (χ1v) is 10.9. The number of rotatable bonds is 7. The molecule has 0 saturated heterocycles. The van der Waals surface area contributed by atoms with Crippen LogP contribution in [0.2, 0.25) is 0 Å². The highest BCUT2D eigenvalue weighted by Crippen LogP contribution is 2.35. The molecule has 0 aliphatic rings. The van der Waals surface area contributed by atoms with E-state index in [1.807, 2.05) is 47.9 Å². The van der Waals surface area contributed by atoms with Crippen LogP contribution in [-0.2, 0) is 4.74 Å². The highest BCUT2D eigenvalue weighted by molar-refractivity contribution is 5.92. The number of fused-ring (bicyclic) bond motifs is 1. The van der Waals surface area contributed by atoms with Gasteiger partial charge in [0.1, 0.15) is 5.75 Å². The number of nitrogens with one attached hydrogen (secondary N) is 1. The Labute approximate surface area is 200 Å². The van der Waals surface area contributed by atoms with Crippen molar-refractivity contribution in [2.75, 3.05) is 26.1 Å². The van der Waals surface area contributed by atoms with Gasteiger partial charge in [-0.3, -0.25) is 4.40 Å². The SMILES string of the molecule is COC(=O)c1ccc(-c2cnc3c(NCCC(F)(F)F)cc(-c4ccccc4OC)cn23)cc1C. The molecule has 0 aliphatic carbocycles. The van der Waals surface area contributed by atoms with Gasteiger partial charge in [-0.05, 0) is 36.8 Å². The fourth-order valence-electron chi connectivity index (χ4n) is 3.96. The maximum absolute atomic E-state index is 12.8. The predicted molar refractivity (Wildman–Crippen MR) is 128 cm³/mol. The van der Waals surface area contributed by atoms with Gasteiger partial charge in [0.05, 0.1) is 43.8 Å². The predicted octanol–water partition coefficient (Wildman–Crippen LogP) is 6.14. The van der Waals surface area contributed by atoms with Crippen LogP contribution < -0.4 is 10.1 Å². The van der Waals surface area contributed by atoms with Crippen LogP contribution in [0.4, 0.5) is 18.9 Å². The zero-order chi connectivity index (χ0) is 25.2. The van der Waals surface area contributed by atoms with Crippen LogP contribution in [0.1, 0.15) is 22.3 Å². The van der Waals surface area contributed by atoms with Crippen molar-refractivity contribution in [1.82, 2.24) is 9.38 Å². The molecule has 6 nitrogen and oxygen atoms in total. The molecule has 4 aromatic rings. The van der Waals surface area contributed by atoms with Crippen molar-refractivity contribution >= 4 is 17.3 Å². The Hall–Kier alpha value is -4.01. The lowest BCUT2D eigenvalue weighted by Crippen LogP contribution is -2.15. The Morgan fingerprint density at radius 1 is 1.09 bits per heavy atom. The topological polar surface area (TPSA) is 64.9 Å². The molecule has 0 radical (unpaired) electrons. The number of hydrogen-bond acceptors (Lipinski definition) is 5. The van der Waals surface area contributed by atoms with Crippen LogP contribution in [0.15, 0.2) is 60.9 Å². The number of alkyl halides is 3. The number of methoxy groups -OCH3 is 2. The molecule has 0 bridgehead atoms. The summed E-state index contributed by atoms with van der Waals surface area (Å²) in [4.78, 5) is 16.5. The van der Waals surface area contributed by atoms with Crippen molar-refractivity contribution in [3.63, 3.8) is 0 Å². The number of halogens is 3. The van der Waals surface area contributed by atoms with E-state index >= 15 is 0 Å². The molecular formula is C26H24F3N3O3. The van der Waals surface area contributed by atoms with E-state index in [4.69, 9.17) is 9.47 Å². The molecule has 35 heavy (non-hydrogen) atoms. The summed E-state index contributed by atoms with van der Waals surface area (Å²) in [5.74, 6) is 0.204. The van der Waals surface area contributed by atoms with E-state index in [2.05, 4.69) is 10.3 Å². The van der Waals surface area contributed by atoms with Crippen molar-refractivity contribution in [3.05, 3.63) is 72.1 Å². The fourth-order valence-corrected chi connectivity index (χ4v) is 3.96. The average Bonchev–Trinajstić information content (AvgIpc) is 3.27. The van der Waals surface area contributed by atoms with E-state index in [1.54, 1.807) is 31.5 Å². The van der Waals surface area contributed by atoms with Crippen LogP contribution in [0.3, 0.4) is 0 Å². The summed E-state index contributed by atoms with van der Waals surface area (Å²) < 4.78 is 50.5. The maximum atomic E-state index is 12.8. The molecule has 2 heterocycles. The van der Waals surface area contributed by atoms with Gasteiger partial charge in [-0.2, -0.15) is 13.2 Å². The Morgan fingerprint density at radius 3 is 2.54 bits per heavy atom. The Kier molecular flexibility index (Phi) is 6.68. The lowest BCUT2D eigenvalue weighted by atomic mass is 10.0. The first kappa shape index (κ1) is 24.1. The molecule has 182 valence electrons. The minimum absolute atomic E-state index is 0.288. The first-order chi connectivity index (χ1) is 16.7. The van der Waals surface area contributed by atoms with E-state index in [0.29, 0.717) is 22.6 Å². The molecule has 0 unspecified atom stereocenters. The average molecular weight is 483 g/mol. The standard InChI is InChI=1S/C26H24F3N3O3/c1-16-12-17(8-9-19(16)25(33)35-3)22-14-31-24-21(30-11-10-26(27,28)29)13-18(15-32(22)24)20-6-4-5-7-23(20)34-2/h4-9,12-15,30H,10-11H2,1-3H3. The zero-order valence-corrected chi connectivity index (χ0v) is 19.4. The molecule has 0 amide bonds. The van der Waals surface area contributed by atoms with Gasteiger partial charge in [0.2, 0.25) is 0 Å². The molecule has 0 atom stereocenters. The number of esters is 1. The second-order valence-electron chi connectivity index (χ2n) is 7.99. The third-order valence-corrected chi connectivity index (χ3v) is 5.68. The van der Waals surface area contributed by atoms with Crippen LogP contribution in [-0.4, -0.2) is 42.3 Å². The van der Waals surface area contributed by atoms with Gasteiger partial charge in [-0.25, -0.2) is 9.78 Å². The van der Waals surface area contributed by atoms with Crippen molar-refractivity contribution in [2.24, 2.45) is 0 Å². The van der Waals surface area contributed by atoms with Crippen LogP contribution in [0, 0.1) is 6.92 Å². The van der Waals surface area contributed by atoms with E-state index in [-0.39, 0.29) is 6.54 Å². The Balaban J connectivity index is 1.85. The van der Waals surface area contributed by atoms with Gasteiger partial charge < -0.3 is 14.8 Å². The first-order valence-electron chi connectivity index (χ1n) is 10.9. The number of aromatic nitrogens is 2. The third-order valence-electron chi connectivity index (χ3n) is 5.68. The van der Waals surface area contributed by atoms with Crippen LogP contribution in [0.5, 0.6) is 5.75 Å². The summed E-state index contributed by atoms with van der Waals surface area (Å²) in [6.07, 6.45) is -1.72. The van der Waals surface area contributed by atoms with Crippen molar-refractivity contribution in [2.45, 2.75) is 19.5 Å². The van der Waals surface area contributed by atoms with Crippen LogP contribution >= 0.6 is 0 Å².